The van der Waals surface area contributed by atoms with Crippen LogP contribution in [0.3, 0.4) is 0 Å². The average Bonchev–Trinajstić information content (AvgIpc) is 3.69. The van der Waals surface area contributed by atoms with E-state index in [4.69, 9.17) is 4.74 Å². The van der Waals surface area contributed by atoms with E-state index in [0.29, 0.717) is 0 Å². The maximum Gasteiger partial charge on any atom is 0.132 e. The molecule has 9 aromatic rings. The molecule has 0 amide bonds. The molecule has 11 rings (SSSR count). The molecule has 0 saturated carbocycles. The summed E-state index contributed by atoms with van der Waals surface area (Å²) in [6, 6.07) is 72.6. The third kappa shape index (κ3) is 5.90. The molecule has 0 bridgehead atoms. The summed E-state index contributed by atoms with van der Waals surface area (Å²) in [5.41, 5.74) is 13.9. The molecule has 9 aromatic carbocycles. The Bertz CT molecular complexity index is 3030. The molecule has 2 heteroatoms. The minimum Gasteiger partial charge on any atom is -0.484 e. The average molecular weight is 742 g/mol. The van der Waals surface area contributed by atoms with E-state index in [1.54, 1.807) is 0 Å². The van der Waals surface area contributed by atoms with Gasteiger partial charge in [0.2, 0.25) is 0 Å². The van der Waals surface area contributed by atoms with Crippen molar-refractivity contribution >= 4 is 38.6 Å². The fraction of sp³-hybridized carbons (Fsp3) is 0.0357. The van der Waals surface area contributed by atoms with E-state index in [9.17, 15) is 0 Å². The lowest BCUT2D eigenvalue weighted by Gasteiger charge is -2.28. The van der Waals surface area contributed by atoms with Crippen molar-refractivity contribution in [3.8, 4) is 50.3 Å². The Hall–Kier alpha value is -7.42. The van der Waals surface area contributed by atoms with E-state index < -0.39 is 0 Å². The summed E-state index contributed by atoms with van der Waals surface area (Å²) in [6.45, 7) is 0. The number of ether oxygens (including phenoxy) is 1. The monoisotopic (exact) mass is 741 g/mol. The summed E-state index contributed by atoms with van der Waals surface area (Å²) in [6.07, 6.45) is 8.66. The molecular weight excluding hydrogens is 703 g/mol. The van der Waals surface area contributed by atoms with Crippen molar-refractivity contribution < 1.29 is 4.74 Å². The third-order valence-corrected chi connectivity index (χ3v) is 11.8. The Balaban J connectivity index is 1.03. The lowest BCUT2D eigenvalue weighted by atomic mass is 9.90. The van der Waals surface area contributed by atoms with Crippen LogP contribution >= 0.6 is 0 Å². The van der Waals surface area contributed by atoms with Crippen LogP contribution in [-0.2, 0) is 0 Å². The summed E-state index contributed by atoms with van der Waals surface area (Å²) in [5, 5.41) is 5.06. The number of hydrogen-bond donors (Lipinski definition) is 0. The van der Waals surface area contributed by atoms with Gasteiger partial charge in [0.15, 0.2) is 0 Å². The molecule has 0 N–H and O–H groups in total. The molecule has 274 valence electrons. The van der Waals surface area contributed by atoms with Crippen molar-refractivity contribution in [1.82, 2.24) is 0 Å². The van der Waals surface area contributed by atoms with Gasteiger partial charge in [-0.1, -0.05) is 182 Å². The molecule has 2 nitrogen and oxygen atoms in total. The van der Waals surface area contributed by atoms with Crippen LogP contribution in [0.1, 0.15) is 11.5 Å². The number of nitrogens with zero attached hydrogens (tertiary/aromatic N) is 1. The molecule has 1 heterocycles. The first-order chi connectivity index (χ1) is 28.8. The summed E-state index contributed by atoms with van der Waals surface area (Å²) >= 11 is 0. The van der Waals surface area contributed by atoms with E-state index in [2.05, 4.69) is 229 Å². The molecule has 1 aliphatic heterocycles. The first-order valence-electron chi connectivity index (χ1n) is 20.1. The summed E-state index contributed by atoms with van der Waals surface area (Å²) < 4.78 is 6.72. The predicted molar refractivity (Wildman–Crippen MR) is 243 cm³/mol. The third-order valence-electron chi connectivity index (χ3n) is 11.8. The highest BCUT2D eigenvalue weighted by atomic mass is 16.5. The highest BCUT2D eigenvalue weighted by Gasteiger charge is 2.34. The highest BCUT2D eigenvalue weighted by Crippen LogP contribution is 2.50. The van der Waals surface area contributed by atoms with Gasteiger partial charge in [0.1, 0.15) is 11.9 Å². The Morgan fingerprint density at radius 1 is 0.379 bits per heavy atom. The minimum absolute atomic E-state index is 0.0111. The fourth-order valence-electron chi connectivity index (χ4n) is 8.99. The van der Waals surface area contributed by atoms with Gasteiger partial charge in [-0.05, 0) is 97.4 Å². The van der Waals surface area contributed by atoms with Gasteiger partial charge in [-0.3, -0.25) is 0 Å². The molecule has 2 aliphatic rings. The molecule has 58 heavy (non-hydrogen) atoms. The molecule has 0 aromatic heterocycles. The zero-order chi connectivity index (χ0) is 38.4. The van der Waals surface area contributed by atoms with Gasteiger partial charge >= 0.3 is 0 Å². The Morgan fingerprint density at radius 2 is 0.983 bits per heavy atom. The number of hydrogen-bond acceptors (Lipinski definition) is 2. The number of para-hydroxylation sites is 2. The van der Waals surface area contributed by atoms with Gasteiger partial charge in [-0.25, -0.2) is 0 Å². The van der Waals surface area contributed by atoms with Crippen LogP contribution in [0.2, 0.25) is 0 Å². The van der Waals surface area contributed by atoms with E-state index in [1.807, 2.05) is 0 Å². The lowest BCUT2D eigenvalue weighted by molar-refractivity contribution is 0.270. The first kappa shape index (κ1) is 33.9. The van der Waals surface area contributed by atoms with Crippen molar-refractivity contribution in [2.75, 3.05) is 4.90 Å². The molecule has 0 fully saturated rings. The second-order valence-corrected chi connectivity index (χ2v) is 15.2. The first-order valence-corrected chi connectivity index (χ1v) is 20.1. The number of rotatable bonds is 7. The van der Waals surface area contributed by atoms with Crippen molar-refractivity contribution in [3.05, 3.63) is 230 Å². The van der Waals surface area contributed by atoms with E-state index in [0.717, 1.165) is 33.9 Å². The van der Waals surface area contributed by atoms with Gasteiger partial charge in [0.25, 0.3) is 0 Å². The smallest absolute Gasteiger partial charge is 0.132 e. The summed E-state index contributed by atoms with van der Waals surface area (Å²) in [4.78, 5) is 2.39. The molecule has 0 saturated heterocycles. The quantitative estimate of drug-likeness (QED) is 0.151. The zero-order valence-electron chi connectivity index (χ0n) is 31.9. The van der Waals surface area contributed by atoms with Crippen LogP contribution in [0.25, 0.3) is 66.1 Å². The molecule has 0 radical (unpaired) electrons. The Kier molecular flexibility index (Phi) is 8.33. The van der Waals surface area contributed by atoms with Gasteiger partial charge in [-0.2, -0.15) is 0 Å². The van der Waals surface area contributed by atoms with E-state index in [-0.39, 0.29) is 12.0 Å². The molecule has 0 spiro atoms. The van der Waals surface area contributed by atoms with Crippen LogP contribution in [0.4, 0.5) is 17.1 Å². The van der Waals surface area contributed by atoms with Gasteiger partial charge < -0.3 is 9.64 Å². The second kappa shape index (κ2) is 14.3. The van der Waals surface area contributed by atoms with Crippen LogP contribution in [0.5, 0.6) is 5.75 Å². The van der Waals surface area contributed by atoms with E-state index in [1.165, 1.54) is 60.5 Å². The normalized spacial score (nSPS) is 15.2. The van der Waals surface area contributed by atoms with Crippen molar-refractivity contribution in [2.45, 2.75) is 12.0 Å². The lowest BCUT2D eigenvalue weighted by Crippen LogP contribution is -2.15. The van der Waals surface area contributed by atoms with Gasteiger partial charge in [-0.15, -0.1) is 0 Å². The highest BCUT2D eigenvalue weighted by molar-refractivity contribution is 6.12. The van der Waals surface area contributed by atoms with Crippen LogP contribution in [-0.4, -0.2) is 6.10 Å². The fourth-order valence-corrected chi connectivity index (χ4v) is 8.99. The minimum atomic E-state index is 0.0111. The summed E-state index contributed by atoms with van der Waals surface area (Å²) in [5.74, 6) is 1.18. The van der Waals surface area contributed by atoms with Crippen LogP contribution < -0.4 is 9.64 Å². The maximum atomic E-state index is 6.72. The number of anilines is 3. The largest absolute Gasteiger partial charge is 0.484 e. The van der Waals surface area contributed by atoms with Gasteiger partial charge in [0.05, 0.1) is 5.69 Å². The molecule has 1 aliphatic carbocycles. The Morgan fingerprint density at radius 3 is 1.81 bits per heavy atom. The maximum absolute atomic E-state index is 6.72. The van der Waals surface area contributed by atoms with Crippen LogP contribution in [0, 0.1) is 0 Å². The van der Waals surface area contributed by atoms with E-state index >= 15 is 0 Å². The second-order valence-electron chi connectivity index (χ2n) is 15.2. The van der Waals surface area contributed by atoms with Crippen LogP contribution in [0.15, 0.2) is 224 Å². The van der Waals surface area contributed by atoms with Crippen molar-refractivity contribution in [3.63, 3.8) is 0 Å². The summed E-state index contributed by atoms with van der Waals surface area (Å²) in [7, 11) is 0. The van der Waals surface area contributed by atoms with Crippen molar-refractivity contribution in [1.29, 1.82) is 0 Å². The molecule has 2 atom stereocenters. The predicted octanol–water partition coefficient (Wildman–Crippen LogP) is 15.1. The SMILES string of the molecule is C1=CC2Oc3c(-c4ccccc4N(c4ccc(-c5cccc(-c6ccccc6)c5)cc4)c4ccc(-c5cccc6c5ccc5ccccc56)cc4)cccc3C2C=C1. The number of allylic oxidation sites excluding steroid dienone is 2. The Labute approximate surface area is 339 Å². The standard InChI is InChI=1S/C56H39NO/c1-2-13-38(14-3-1)42-16-10-17-43(37-42)39-27-32-44(33-28-39)57(54-25-8-6-19-50(54)52-23-12-24-53-51-20-7-9-26-55(51)58-56(52)53)45-34-29-41(30-35-45)47-21-11-22-48-46-18-5-4-15-40(46)31-36-49(47)48/h1-37,51,55H. The molecule has 2 unspecified atom stereocenters. The molecular formula is C56H39NO. The van der Waals surface area contributed by atoms with Crippen molar-refractivity contribution in [2.24, 2.45) is 0 Å². The number of fused-ring (bicyclic) bond motifs is 6. The topological polar surface area (TPSA) is 12.5 Å². The number of benzene rings is 9. The zero-order valence-corrected chi connectivity index (χ0v) is 31.9. The van der Waals surface area contributed by atoms with Gasteiger partial charge in [0, 0.05) is 34.0 Å².